The molecule has 1 unspecified atom stereocenters. The number of ether oxygens (including phenoxy) is 1. The Bertz CT molecular complexity index is 383. The number of allylic oxidation sites excluding steroid dienone is 2. The Morgan fingerprint density at radius 2 is 2.05 bits per heavy atom. The zero-order chi connectivity index (χ0) is 14.7. The van der Waals surface area contributed by atoms with E-state index >= 15 is 0 Å². The van der Waals surface area contributed by atoms with E-state index in [1.807, 2.05) is 19.1 Å². The van der Waals surface area contributed by atoms with Gasteiger partial charge in [0.1, 0.15) is 5.60 Å². The molecule has 0 aromatic rings. The van der Waals surface area contributed by atoms with Crippen molar-refractivity contribution in [3.05, 3.63) is 12.2 Å². The van der Waals surface area contributed by atoms with Crippen molar-refractivity contribution in [3.8, 4) is 0 Å². The van der Waals surface area contributed by atoms with E-state index in [9.17, 15) is 14.7 Å². The van der Waals surface area contributed by atoms with Gasteiger partial charge in [-0.1, -0.05) is 12.2 Å². The fourth-order valence-electron chi connectivity index (χ4n) is 2.13. The number of nitrogens with zero attached hydrogens (tertiary/aromatic N) is 1. The average molecular weight is 269 g/mol. The smallest absolute Gasteiger partial charge is 0.410 e. The Labute approximate surface area is 114 Å². The molecule has 0 saturated carbocycles. The van der Waals surface area contributed by atoms with E-state index in [0.717, 1.165) is 0 Å². The third-order valence-corrected chi connectivity index (χ3v) is 3.20. The standard InChI is InChI=1S/C14H23NO4/c1-5-6-7-14(11(16)17)8-9-15(10-14)12(18)19-13(2,3)4/h5-6H,7-10H2,1-4H3,(H,16,17). The monoisotopic (exact) mass is 269 g/mol. The minimum atomic E-state index is -0.872. The van der Waals surface area contributed by atoms with Gasteiger partial charge >= 0.3 is 12.1 Å². The second-order valence-corrected chi connectivity index (χ2v) is 6.01. The van der Waals surface area contributed by atoms with Gasteiger partial charge < -0.3 is 14.7 Å². The normalized spacial score (nSPS) is 23.9. The quantitative estimate of drug-likeness (QED) is 0.800. The Balaban J connectivity index is 2.74. The second-order valence-electron chi connectivity index (χ2n) is 6.01. The number of hydrogen-bond donors (Lipinski definition) is 1. The van der Waals surface area contributed by atoms with Crippen LogP contribution in [0.3, 0.4) is 0 Å². The number of likely N-dealkylation sites (tertiary alicyclic amines) is 1. The lowest BCUT2D eigenvalue weighted by atomic mass is 9.83. The van der Waals surface area contributed by atoms with Crippen molar-refractivity contribution in [3.63, 3.8) is 0 Å². The summed E-state index contributed by atoms with van der Waals surface area (Å²) in [6, 6.07) is 0. The van der Waals surface area contributed by atoms with Crippen LogP contribution in [-0.4, -0.2) is 40.8 Å². The number of carboxylic acids is 1. The second kappa shape index (κ2) is 5.63. The van der Waals surface area contributed by atoms with Crippen molar-refractivity contribution in [2.45, 2.75) is 46.1 Å². The van der Waals surface area contributed by atoms with Crippen molar-refractivity contribution < 1.29 is 19.4 Å². The molecule has 5 heteroatoms. The van der Waals surface area contributed by atoms with Gasteiger partial charge in [-0.15, -0.1) is 0 Å². The van der Waals surface area contributed by atoms with Gasteiger partial charge in [-0.2, -0.15) is 0 Å². The average Bonchev–Trinajstić information content (AvgIpc) is 2.69. The van der Waals surface area contributed by atoms with Crippen molar-refractivity contribution in [1.29, 1.82) is 0 Å². The van der Waals surface area contributed by atoms with Gasteiger partial charge in [0.15, 0.2) is 0 Å². The van der Waals surface area contributed by atoms with Crippen LogP contribution < -0.4 is 0 Å². The van der Waals surface area contributed by atoms with Crippen LogP contribution in [0.15, 0.2) is 12.2 Å². The minimum absolute atomic E-state index is 0.210. The first kappa shape index (κ1) is 15.5. The summed E-state index contributed by atoms with van der Waals surface area (Å²) in [5.74, 6) is -0.850. The van der Waals surface area contributed by atoms with Crippen molar-refractivity contribution >= 4 is 12.1 Å². The van der Waals surface area contributed by atoms with Gasteiger partial charge in [-0.3, -0.25) is 4.79 Å². The maximum absolute atomic E-state index is 11.9. The van der Waals surface area contributed by atoms with Crippen LogP contribution in [0.1, 0.15) is 40.5 Å². The molecule has 0 spiro atoms. The zero-order valence-corrected chi connectivity index (χ0v) is 12.1. The molecule has 1 amide bonds. The number of rotatable bonds is 3. The molecule has 5 nitrogen and oxygen atoms in total. The molecule has 1 atom stereocenters. The van der Waals surface area contributed by atoms with Gasteiger partial charge in [0.2, 0.25) is 0 Å². The highest BCUT2D eigenvalue weighted by atomic mass is 16.6. The van der Waals surface area contributed by atoms with Crippen LogP contribution in [0.4, 0.5) is 4.79 Å². The van der Waals surface area contributed by atoms with E-state index in [-0.39, 0.29) is 6.54 Å². The summed E-state index contributed by atoms with van der Waals surface area (Å²) in [5, 5.41) is 9.41. The molecule has 0 aliphatic carbocycles. The van der Waals surface area contributed by atoms with Gasteiger partial charge in [0.25, 0.3) is 0 Å². The molecule has 1 heterocycles. The molecule has 1 rings (SSSR count). The van der Waals surface area contributed by atoms with E-state index < -0.39 is 23.1 Å². The molecule has 108 valence electrons. The Kier molecular flexibility index (Phi) is 4.61. The summed E-state index contributed by atoms with van der Waals surface area (Å²) in [7, 11) is 0. The first-order valence-electron chi connectivity index (χ1n) is 6.53. The van der Waals surface area contributed by atoms with Gasteiger partial charge in [0, 0.05) is 13.1 Å². The molecule has 19 heavy (non-hydrogen) atoms. The predicted octanol–water partition coefficient (Wildman–Crippen LogP) is 2.66. The van der Waals surface area contributed by atoms with Crippen LogP contribution >= 0.6 is 0 Å². The molecule has 1 saturated heterocycles. The molecule has 1 aliphatic heterocycles. The Morgan fingerprint density at radius 3 is 2.53 bits per heavy atom. The first-order valence-corrected chi connectivity index (χ1v) is 6.53. The van der Waals surface area contributed by atoms with Gasteiger partial charge in [0.05, 0.1) is 5.41 Å². The predicted molar refractivity (Wildman–Crippen MR) is 71.9 cm³/mol. The number of aliphatic carboxylic acids is 1. The molecular formula is C14H23NO4. The molecule has 0 radical (unpaired) electrons. The maximum atomic E-state index is 11.9. The summed E-state index contributed by atoms with van der Waals surface area (Å²) in [4.78, 5) is 24.9. The van der Waals surface area contributed by atoms with Crippen molar-refractivity contribution in [2.75, 3.05) is 13.1 Å². The van der Waals surface area contributed by atoms with E-state index in [1.165, 1.54) is 4.90 Å². The third kappa shape index (κ3) is 3.98. The fourth-order valence-corrected chi connectivity index (χ4v) is 2.13. The maximum Gasteiger partial charge on any atom is 0.410 e. The summed E-state index contributed by atoms with van der Waals surface area (Å²) in [6.45, 7) is 7.89. The number of carbonyl (C=O) groups excluding carboxylic acids is 1. The summed E-state index contributed by atoms with van der Waals surface area (Å²) in [6.07, 6.45) is 4.15. The molecular weight excluding hydrogens is 246 g/mol. The molecule has 1 fully saturated rings. The van der Waals surface area contributed by atoms with Gasteiger partial charge in [-0.25, -0.2) is 4.79 Å². The van der Waals surface area contributed by atoms with E-state index in [2.05, 4.69) is 0 Å². The lowest BCUT2D eigenvalue weighted by Gasteiger charge is -2.26. The highest BCUT2D eigenvalue weighted by Crippen LogP contribution is 2.35. The first-order chi connectivity index (χ1) is 8.70. The van der Waals surface area contributed by atoms with Crippen LogP contribution in [0.2, 0.25) is 0 Å². The molecule has 1 aliphatic rings. The fraction of sp³-hybridized carbons (Fsp3) is 0.714. The number of carbonyl (C=O) groups is 2. The molecule has 0 aromatic heterocycles. The number of hydrogen-bond acceptors (Lipinski definition) is 3. The summed E-state index contributed by atoms with van der Waals surface area (Å²) < 4.78 is 5.28. The topological polar surface area (TPSA) is 66.8 Å². The van der Waals surface area contributed by atoms with Crippen LogP contribution in [0.25, 0.3) is 0 Å². The largest absolute Gasteiger partial charge is 0.481 e. The number of amides is 1. The summed E-state index contributed by atoms with van der Waals surface area (Å²) in [5.41, 5.74) is -1.43. The van der Waals surface area contributed by atoms with Crippen LogP contribution in [0.5, 0.6) is 0 Å². The highest BCUT2D eigenvalue weighted by Gasteiger charge is 2.46. The van der Waals surface area contributed by atoms with E-state index in [4.69, 9.17) is 4.74 Å². The molecule has 0 bridgehead atoms. The lowest BCUT2D eigenvalue weighted by Crippen LogP contribution is -2.39. The summed E-state index contributed by atoms with van der Waals surface area (Å²) >= 11 is 0. The van der Waals surface area contributed by atoms with Crippen LogP contribution in [-0.2, 0) is 9.53 Å². The highest BCUT2D eigenvalue weighted by molar-refractivity contribution is 5.78. The van der Waals surface area contributed by atoms with Gasteiger partial charge in [-0.05, 0) is 40.5 Å². The van der Waals surface area contributed by atoms with Crippen molar-refractivity contribution in [1.82, 2.24) is 4.90 Å². The zero-order valence-electron chi connectivity index (χ0n) is 12.1. The lowest BCUT2D eigenvalue weighted by molar-refractivity contribution is -0.147. The van der Waals surface area contributed by atoms with Crippen molar-refractivity contribution in [2.24, 2.45) is 5.41 Å². The molecule has 0 aromatic carbocycles. The minimum Gasteiger partial charge on any atom is -0.481 e. The number of carboxylic acid groups (broad SMARTS) is 1. The van der Waals surface area contributed by atoms with Crippen LogP contribution in [0, 0.1) is 5.41 Å². The molecule has 1 N–H and O–H groups in total. The Hall–Kier alpha value is -1.52. The SMILES string of the molecule is CC=CCC1(C(=O)O)CCN(C(=O)OC(C)(C)C)C1. The Morgan fingerprint density at radius 1 is 1.42 bits per heavy atom. The van der Waals surface area contributed by atoms with E-state index in [1.54, 1.807) is 20.8 Å². The third-order valence-electron chi connectivity index (χ3n) is 3.20. The van der Waals surface area contributed by atoms with E-state index in [0.29, 0.717) is 19.4 Å².